The van der Waals surface area contributed by atoms with E-state index in [9.17, 15) is 0 Å². The van der Waals surface area contributed by atoms with Gasteiger partial charge in [-0.15, -0.1) is 0 Å². The van der Waals surface area contributed by atoms with Crippen molar-refractivity contribution in [3.8, 4) is 0 Å². The van der Waals surface area contributed by atoms with Gasteiger partial charge in [-0.25, -0.2) is 4.98 Å². The lowest BCUT2D eigenvalue weighted by Crippen LogP contribution is -2.21. The van der Waals surface area contributed by atoms with Crippen LogP contribution in [0.25, 0.3) is 0 Å². The maximum Gasteiger partial charge on any atom is 0.195 e. The standard InChI is InChI=1S/C12H20N2O2/c1-9-7-10(9)11-8-14-12(16-11)3-4-13-5-6-15-2/h8-10,13H,3-7H2,1-2H3. The lowest BCUT2D eigenvalue weighted by molar-refractivity contribution is 0.199. The van der Waals surface area contributed by atoms with Crippen LogP contribution >= 0.6 is 0 Å². The van der Waals surface area contributed by atoms with Crippen LogP contribution < -0.4 is 5.32 Å². The van der Waals surface area contributed by atoms with E-state index in [-0.39, 0.29) is 0 Å². The topological polar surface area (TPSA) is 47.3 Å². The molecule has 0 spiro atoms. The highest BCUT2D eigenvalue weighted by molar-refractivity contribution is 5.11. The number of rotatable bonds is 7. The van der Waals surface area contributed by atoms with Gasteiger partial charge in [0.1, 0.15) is 5.76 Å². The molecule has 16 heavy (non-hydrogen) atoms. The summed E-state index contributed by atoms with van der Waals surface area (Å²) in [6.07, 6.45) is 3.99. The number of hydrogen-bond donors (Lipinski definition) is 1. The first-order chi connectivity index (χ1) is 7.81. The molecule has 90 valence electrons. The second kappa shape index (κ2) is 5.46. The summed E-state index contributed by atoms with van der Waals surface area (Å²) in [5.74, 6) is 3.32. The van der Waals surface area contributed by atoms with Crippen LogP contribution in [-0.4, -0.2) is 31.8 Å². The zero-order valence-corrected chi connectivity index (χ0v) is 10.0. The molecule has 1 saturated carbocycles. The van der Waals surface area contributed by atoms with E-state index in [1.54, 1.807) is 7.11 Å². The Labute approximate surface area is 96.4 Å². The van der Waals surface area contributed by atoms with Crippen LogP contribution in [0.15, 0.2) is 10.6 Å². The Morgan fingerprint density at radius 1 is 1.56 bits per heavy atom. The van der Waals surface area contributed by atoms with Gasteiger partial charge < -0.3 is 14.5 Å². The third-order valence-corrected chi connectivity index (χ3v) is 3.04. The summed E-state index contributed by atoms with van der Waals surface area (Å²) in [6, 6.07) is 0. The lowest BCUT2D eigenvalue weighted by Gasteiger charge is -2.01. The third kappa shape index (κ3) is 3.06. The van der Waals surface area contributed by atoms with Gasteiger partial charge in [-0.2, -0.15) is 0 Å². The number of nitrogens with one attached hydrogen (secondary N) is 1. The van der Waals surface area contributed by atoms with Gasteiger partial charge in [0, 0.05) is 32.5 Å². The smallest absolute Gasteiger partial charge is 0.195 e. The van der Waals surface area contributed by atoms with Gasteiger partial charge in [0.2, 0.25) is 0 Å². The maximum atomic E-state index is 5.70. The van der Waals surface area contributed by atoms with E-state index in [0.29, 0.717) is 5.92 Å². The molecule has 2 atom stereocenters. The fourth-order valence-electron chi connectivity index (χ4n) is 1.82. The number of oxazole rings is 1. The molecule has 0 aliphatic heterocycles. The monoisotopic (exact) mass is 224 g/mol. The molecule has 0 amide bonds. The van der Waals surface area contributed by atoms with Crippen molar-refractivity contribution < 1.29 is 9.15 Å². The Balaban J connectivity index is 1.67. The quantitative estimate of drug-likeness (QED) is 0.714. The van der Waals surface area contributed by atoms with Gasteiger partial charge >= 0.3 is 0 Å². The molecular formula is C12H20N2O2. The normalized spacial score (nSPS) is 23.6. The van der Waals surface area contributed by atoms with E-state index in [1.807, 2.05) is 6.20 Å². The van der Waals surface area contributed by atoms with E-state index in [4.69, 9.17) is 9.15 Å². The van der Waals surface area contributed by atoms with Crippen molar-refractivity contribution in [3.05, 3.63) is 17.8 Å². The third-order valence-electron chi connectivity index (χ3n) is 3.04. The largest absolute Gasteiger partial charge is 0.445 e. The molecule has 1 aliphatic rings. The van der Waals surface area contributed by atoms with Gasteiger partial charge in [0.15, 0.2) is 5.89 Å². The minimum Gasteiger partial charge on any atom is -0.445 e. The van der Waals surface area contributed by atoms with Crippen molar-refractivity contribution in [1.82, 2.24) is 10.3 Å². The summed E-state index contributed by atoms with van der Waals surface area (Å²) in [4.78, 5) is 4.29. The molecule has 1 heterocycles. The zero-order valence-electron chi connectivity index (χ0n) is 10.0. The van der Waals surface area contributed by atoms with Gasteiger partial charge in [-0.3, -0.25) is 0 Å². The van der Waals surface area contributed by atoms with Crippen LogP contribution in [0, 0.1) is 5.92 Å². The molecule has 1 aromatic heterocycles. The number of nitrogens with zero attached hydrogens (tertiary/aromatic N) is 1. The van der Waals surface area contributed by atoms with Crippen molar-refractivity contribution in [1.29, 1.82) is 0 Å². The fraction of sp³-hybridized carbons (Fsp3) is 0.750. The number of aromatic nitrogens is 1. The van der Waals surface area contributed by atoms with E-state index < -0.39 is 0 Å². The molecule has 0 bridgehead atoms. The maximum absolute atomic E-state index is 5.70. The van der Waals surface area contributed by atoms with Gasteiger partial charge in [-0.05, 0) is 12.3 Å². The molecular weight excluding hydrogens is 204 g/mol. The van der Waals surface area contributed by atoms with Crippen molar-refractivity contribution in [3.63, 3.8) is 0 Å². The Morgan fingerprint density at radius 2 is 2.38 bits per heavy atom. The first kappa shape index (κ1) is 11.6. The number of hydrogen-bond acceptors (Lipinski definition) is 4. The molecule has 1 aromatic rings. The molecule has 4 nitrogen and oxygen atoms in total. The minimum atomic E-state index is 0.628. The van der Waals surface area contributed by atoms with Gasteiger partial charge in [-0.1, -0.05) is 6.92 Å². The lowest BCUT2D eigenvalue weighted by atomic mass is 10.3. The molecule has 2 unspecified atom stereocenters. The first-order valence-electron chi connectivity index (χ1n) is 5.95. The van der Waals surface area contributed by atoms with Gasteiger partial charge in [0.25, 0.3) is 0 Å². The Hall–Kier alpha value is -0.870. The highest BCUT2D eigenvalue weighted by Crippen LogP contribution is 2.46. The SMILES string of the molecule is COCCNCCc1ncc(C2CC2C)o1. The Morgan fingerprint density at radius 3 is 3.06 bits per heavy atom. The molecule has 1 N–H and O–H groups in total. The van der Waals surface area contributed by atoms with Crippen LogP contribution in [0.4, 0.5) is 0 Å². The first-order valence-corrected chi connectivity index (χ1v) is 5.95. The summed E-state index contributed by atoms with van der Waals surface area (Å²) < 4.78 is 10.7. The van der Waals surface area contributed by atoms with Crippen molar-refractivity contribution in [2.45, 2.75) is 25.7 Å². The number of ether oxygens (including phenoxy) is 1. The van der Waals surface area contributed by atoms with E-state index in [2.05, 4.69) is 17.2 Å². The van der Waals surface area contributed by atoms with E-state index in [1.165, 1.54) is 6.42 Å². The molecule has 0 saturated heterocycles. The van der Waals surface area contributed by atoms with Crippen LogP contribution in [0.3, 0.4) is 0 Å². The second-order valence-corrected chi connectivity index (χ2v) is 4.47. The Kier molecular flexibility index (Phi) is 3.96. The predicted molar refractivity (Wildman–Crippen MR) is 61.5 cm³/mol. The fourth-order valence-corrected chi connectivity index (χ4v) is 1.82. The van der Waals surface area contributed by atoms with Crippen molar-refractivity contribution in [2.75, 3.05) is 26.8 Å². The molecule has 0 radical (unpaired) electrons. The Bertz CT molecular complexity index is 325. The second-order valence-electron chi connectivity index (χ2n) is 4.47. The van der Waals surface area contributed by atoms with Crippen LogP contribution in [-0.2, 0) is 11.2 Å². The van der Waals surface area contributed by atoms with E-state index in [0.717, 1.165) is 43.7 Å². The minimum absolute atomic E-state index is 0.628. The summed E-state index contributed by atoms with van der Waals surface area (Å²) in [5, 5.41) is 3.27. The molecule has 0 aromatic carbocycles. The average molecular weight is 224 g/mol. The summed E-state index contributed by atoms with van der Waals surface area (Å²) in [5.41, 5.74) is 0. The van der Waals surface area contributed by atoms with Crippen LogP contribution in [0.1, 0.15) is 30.9 Å². The summed E-state index contributed by atoms with van der Waals surface area (Å²) in [7, 11) is 1.71. The molecule has 1 fully saturated rings. The molecule has 1 aliphatic carbocycles. The van der Waals surface area contributed by atoms with Crippen LogP contribution in [0.2, 0.25) is 0 Å². The highest BCUT2D eigenvalue weighted by atomic mass is 16.5. The van der Waals surface area contributed by atoms with Crippen LogP contribution in [0.5, 0.6) is 0 Å². The van der Waals surface area contributed by atoms with Crippen molar-refractivity contribution >= 4 is 0 Å². The highest BCUT2D eigenvalue weighted by Gasteiger charge is 2.36. The molecule has 2 rings (SSSR count). The van der Waals surface area contributed by atoms with Gasteiger partial charge in [0.05, 0.1) is 12.8 Å². The predicted octanol–water partition coefficient (Wildman–Crippen LogP) is 1.58. The average Bonchev–Trinajstić information content (AvgIpc) is 2.83. The number of methoxy groups -OCH3 is 1. The molecule has 4 heteroatoms. The summed E-state index contributed by atoms with van der Waals surface area (Å²) >= 11 is 0. The van der Waals surface area contributed by atoms with Crippen molar-refractivity contribution in [2.24, 2.45) is 5.92 Å². The summed E-state index contributed by atoms with van der Waals surface area (Å²) in [6.45, 7) is 4.77. The van der Waals surface area contributed by atoms with E-state index >= 15 is 0 Å². The zero-order chi connectivity index (χ0) is 11.4.